The largest absolute Gasteiger partial charge is 0.378 e. The van der Waals surface area contributed by atoms with Crippen molar-refractivity contribution in [2.24, 2.45) is 5.73 Å². The number of nitrogens with one attached hydrogen (secondary N) is 1. The highest BCUT2D eigenvalue weighted by Crippen LogP contribution is 2.12. The molecule has 0 spiro atoms. The summed E-state index contributed by atoms with van der Waals surface area (Å²) in [6, 6.07) is 0. The fourth-order valence-electron chi connectivity index (χ4n) is 1.62. The molecule has 0 bridgehead atoms. The second-order valence-corrected chi connectivity index (χ2v) is 3.78. The lowest BCUT2D eigenvalue weighted by Gasteiger charge is -2.26. The molecule has 2 rings (SSSR count). The van der Waals surface area contributed by atoms with Gasteiger partial charge in [0.25, 0.3) is 5.91 Å². The van der Waals surface area contributed by atoms with E-state index >= 15 is 0 Å². The molecule has 98 valence electrons. The van der Waals surface area contributed by atoms with Gasteiger partial charge in [-0.1, -0.05) is 0 Å². The molecule has 1 amide bonds. The number of carbonyl (C=O) groups is 1. The molecule has 8 heteroatoms. The molecule has 0 atom stereocenters. The molecule has 1 aliphatic heterocycles. The van der Waals surface area contributed by atoms with E-state index in [2.05, 4.69) is 20.3 Å². The Bertz CT molecular complexity index is 432. The van der Waals surface area contributed by atoms with Gasteiger partial charge < -0.3 is 20.7 Å². The van der Waals surface area contributed by atoms with Gasteiger partial charge in [-0.05, 0) is 6.92 Å². The van der Waals surface area contributed by atoms with Crippen molar-refractivity contribution in [3.63, 3.8) is 0 Å². The number of nitrogens with two attached hydrogens (primary N) is 1. The second-order valence-electron chi connectivity index (χ2n) is 3.78. The zero-order valence-corrected chi connectivity index (χ0v) is 10.2. The van der Waals surface area contributed by atoms with Crippen LogP contribution in [-0.4, -0.2) is 53.7 Å². The lowest BCUT2D eigenvalue weighted by molar-refractivity contribution is 0.0990. The summed E-state index contributed by atoms with van der Waals surface area (Å²) in [5.74, 6) is 0.134. The molecule has 0 aromatic carbocycles. The summed E-state index contributed by atoms with van der Waals surface area (Å²) < 4.78 is 5.26. The van der Waals surface area contributed by atoms with Crippen LogP contribution in [0.4, 0.5) is 11.9 Å². The van der Waals surface area contributed by atoms with Gasteiger partial charge in [0.15, 0.2) is 0 Å². The first-order valence-corrected chi connectivity index (χ1v) is 5.83. The van der Waals surface area contributed by atoms with E-state index in [1.807, 2.05) is 11.8 Å². The van der Waals surface area contributed by atoms with E-state index in [4.69, 9.17) is 10.5 Å². The van der Waals surface area contributed by atoms with Crippen LogP contribution in [0.15, 0.2) is 0 Å². The molecule has 1 fully saturated rings. The number of carbonyl (C=O) groups excluding carboxylic acids is 1. The number of morpholine rings is 1. The van der Waals surface area contributed by atoms with E-state index in [9.17, 15) is 4.79 Å². The number of amides is 1. The Balaban J connectivity index is 2.29. The van der Waals surface area contributed by atoms with Crippen molar-refractivity contribution in [3.05, 3.63) is 5.82 Å². The molecule has 1 saturated heterocycles. The number of primary amides is 1. The van der Waals surface area contributed by atoms with Crippen molar-refractivity contribution >= 4 is 17.8 Å². The normalized spacial score (nSPS) is 15.5. The predicted octanol–water partition coefficient (Wildman–Crippen LogP) is -0.761. The second kappa shape index (κ2) is 5.58. The number of nitrogens with zero attached hydrogens (tertiary/aromatic N) is 4. The van der Waals surface area contributed by atoms with Gasteiger partial charge >= 0.3 is 0 Å². The summed E-state index contributed by atoms with van der Waals surface area (Å²) in [6.45, 7) is 5.19. The van der Waals surface area contributed by atoms with E-state index in [0.29, 0.717) is 44.7 Å². The van der Waals surface area contributed by atoms with Gasteiger partial charge in [0.05, 0.1) is 13.2 Å². The van der Waals surface area contributed by atoms with Crippen molar-refractivity contribution < 1.29 is 9.53 Å². The number of ether oxygens (including phenoxy) is 1. The first-order valence-electron chi connectivity index (χ1n) is 5.83. The molecule has 1 aromatic heterocycles. The van der Waals surface area contributed by atoms with E-state index in [-0.39, 0.29) is 5.82 Å². The molecule has 18 heavy (non-hydrogen) atoms. The van der Waals surface area contributed by atoms with Gasteiger partial charge in [-0.25, -0.2) is 0 Å². The number of rotatable bonds is 4. The zero-order valence-electron chi connectivity index (χ0n) is 10.2. The molecule has 1 aliphatic rings. The first-order chi connectivity index (χ1) is 8.70. The highest BCUT2D eigenvalue weighted by atomic mass is 16.5. The molecule has 0 radical (unpaired) electrons. The highest BCUT2D eigenvalue weighted by molar-refractivity contribution is 5.89. The van der Waals surface area contributed by atoms with Gasteiger partial charge in [-0.3, -0.25) is 4.79 Å². The maximum atomic E-state index is 11.2. The molecule has 0 saturated carbocycles. The van der Waals surface area contributed by atoms with Crippen LogP contribution >= 0.6 is 0 Å². The monoisotopic (exact) mass is 252 g/mol. The lowest BCUT2D eigenvalue weighted by atomic mass is 10.4. The molecule has 0 aliphatic carbocycles. The van der Waals surface area contributed by atoms with Crippen LogP contribution in [0.25, 0.3) is 0 Å². The quantitative estimate of drug-likeness (QED) is 0.725. The van der Waals surface area contributed by atoms with E-state index in [1.54, 1.807) is 0 Å². The highest BCUT2D eigenvalue weighted by Gasteiger charge is 2.17. The Morgan fingerprint density at radius 3 is 2.72 bits per heavy atom. The minimum Gasteiger partial charge on any atom is -0.378 e. The van der Waals surface area contributed by atoms with Crippen molar-refractivity contribution in [2.75, 3.05) is 43.1 Å². The van der Waals surface area contributed by atoms with Crippen molar-refractivity contribution in [2.45, 2.75) is 6.92 Å². The van der Waals surface area contributed by atoms with Crippen molar-refractivity contribution in [1.29, 1.82) is 0 Å². The van der Waals surface area contributed by atoms with Crippen LogP contribution in [0.2, 0.25) is 0 Å². The molecule has 8 nitrogen and oxygen atoms in total. The standard InChI is InChI=1S/C10H16N6O2/c1-2-12-9-13-8(7(11)17)14-10(15-9)16-3-5-18-6-4-16/h2-6H2,1H3,(H2,11,17)(H,12,13,14,15). The minimum atomic E-state index is -0.661. The molecule has 2 heterocycles. The number of anilines is 2. The minimum absolute atomic E-state index is 0.0255. The van der Waals surface area contributed by atoms with Crippen LogP contribution in [-0.2, 0) is 4.74 Å². The molecule has 0 unspecified atom stereocenters. The van der Waals surface area contributed by atoms with Crippen molar-refractivity contribution in [1.82, 2.24) is 15.0 Å². The molecule has 3 N–H and O–H groups in total. The van der Waals surface area contributed by atoms with Crippen LogP contribution < -0.4 is 16.0 Å². The molecule has 1 aromatic rings. The Morgan fingerprint density at radius 2 is 2.11 bits per heavy atom. The van der Waals surface area contributed by atoms with Crippen LogP contribution in [0.1, 0.15) is 17.5 Å². The van der Waals surface area contributed by atoms with Crippen LogP contribution in [0.3, 0.4) is 0 Å². The summed E-state index contributed by atoms with van der Waals surface area (Å²) in [4.78, 5) is 25.4. The maximum Gasteiger partial charge on any atom is 0.286 e. The van der Waals surface area contributed by atoms with Gasteiger partial charge in [0.1, 0.15) is 0 Å². The third-order valence-electron chi connectivity index (χ3n) is 2.47. The Hall–Kier alpha value is -1.96. The van der Waals surface area contributed by atoms with E-state index in [1.165, 1.54) is 0 Å². The lowest BCUT2D eigenvalue weighted by Crippen LogP contribution is -2.38. The molecular formula is C10H16N6O2. The Labute approximate surface area is 105 Å². The third-order valence-corrected chi connectivity index (χ3v) is 2.47. The average molecular weight is 252 g/mol. The number of hydrogen-bond acceptors (Lipinski definition) is 7. The third kappa shape index (κ3) is 2.83. The first kappa shape index (κ1) is 12.5. The topological polar surface area (TPSA) is 106 Å². The predicted molar refractivity (Wildman–Crippen MR) is 65.5 cm³/mol. The van der Waals surface area contributed by atoms with Crippen LogP contribution in [0.5, 0.6) is 0 Å². The summed E-state index contributed by atoms with van der Waals surface area (Å²) in [7, 11) is 0. The van der Waals surface area contributed by atoms with E-state index in [0.717, 1.165) is 0 Å². The summed E-state index contributed by atoms with van der Waals surface area (Å²) in [5.41, 5.74) is 5.21. The van der Waals surface area contributed by atoms with Gasteiger partial charge in [-0.15, -0.1) is 0 Å². The Kier molecular flexibility index (Phi) is 3.88. The number of aromatic nitrogens is 3. The Morgan fingerprint density at radius 1 is 1.39 bits per heavy atom. The fourth-order valence-corrected chi connectivity index (χ4v) is 1.62. The van der Waals surface area contributed by atoms with Crippen molar-refractivity contribution in [3.8, 4) is 0 Å². The van der Waals surface area contributed by atoms with Gasteiger partial charge in [-0.2, -0.15) is 15.0 Å². The van der Waals surface area contributed by atoms with Gasteiger partial charge in [0, 0.05) is 19.6 Å². The van der Waals surface area contributed by atoms with Gasteiger partial charge in [0.2, 0.25) is 17.7 Å². The van der Waals surface area contributed by atoms with Crippen LogP contribution in [0, 0.1) is 0 Å². The summed E-state index contributed by atoms with van der Waals surface area (Å²) in [5, 5.41) is 2.95. The average Bonchev–Trinajstić information content (AvgIpc) is 2.40. The summed E-state index contributed by atoms with van der Waals surface area (Å²) >= 11 is 0. The SMILES string of the molecule is CCNc1nc(C(N)=O)nc(N2CCOCC2)n1. The zero-order chi connectivity index (χ0) is 13.0. The fraction of sp³-hybridized carbons (Fsp3) is 0.600. The molecular weight excluding hydrogens is 236 g/mol. The summed E-state index contributed by atoms with van der Waals surface area (Å²) in [6.07, 6.45) is 0. The van der Waals surface area contributed by atoms with E-state index < -0.39 is 5.91 Å². The maximum absolute atomic E-state index is 11.2. The smallest absolute Gasteiger partial charge is 0.286 e. The number of hydrogen-bond donors (Lipinski definition) is 2.